The number of aromatic nitrogens is 2. The van der Waals surface area contributed by atoms with Crippen LogP contribution in [0.2, 0.25) is 0 Å². The number of carbonyl (C=O) groups excluding carboxylic acids is 1. The molecular weight excluding hydrogens is 318 g/mol. The van der Waals surface area contributed by atoms with Gasteiger partial charge in [-0.15, -0.1) is 11.3 Å². The monoisotopic (exact) mass is 337 g/mol. The molecule has 0 aliphatic carbocycles. The van der Waals surface area contributed by atoms with E-state index in [0.717, 1.165) is 33.1 Å². The molecule has 3 aromatic rings. The molecule has 0 atom stereocenters. The van der Waals surface area contributed by atoms with Gasteiger partial charge in [0.15, 0.2) is 0 Å². The molecule has 24 heavy (non-hydrogen) atoms. The van der Waals surface area contributed by atoms with Gasteiger partial charge < -0.3 is 5.32 Å². The van der Waals surface area contributed by atoms with Crippen LogP contribution in [0.3, 0.4) is 0 Å². The summed E-state index contributed by atoms with van der Waals surface area (Å²) in [4.78, 5) is 21.1. The Balaban J connectivity index is 1.57. The number of nitrogens with zero attached hydrogens (tertiary/aromatic N) is 2. The average Bonchev–Trinajstić information content (AvgIpc) is 3.04. The van der Waals surface area contributed by atoms with Gasteiger partial charge in [-0.3, -0.25) is 9.78 Å². The fourth-order valence-corrected chi connectivity index (χ4v) is 3.30. The van der Waals surface area contributed by atoms with Gasteiger partial charge in [0.25, 0.3) is 5.91 Å². The molecule has 2 heterocycles. The van der Waals surface area contributed by atoms with Gasteiger partial charge in [-0.2, -0.15) is 0 Å². The van der Waals surface area contributed by atoms with Crippen molar-refractivity contribution in [2.45, 2.75) is 20.3 Å². The summed E-state index contributed by atoms with van der Waals surface area (Å²) < 4.78 is 0. The molecule has 0 saturated heterocycles. The Morgan fingerprint density at radius 2 is 2.04 bits per heavy atom. The first-order chi connectivity index (χ1) is 11.6. The van der Waals surface area contributed by atoms with Gasteiger partial charge in [0, 0.05) is 30.1 Å². The zero-order valence-corrected chi connectivity index (χ0v) is 14.6. The molecular formula is C19H19N3OS. The normalized spacial score (nSPS) is 10.6. The highest BCUT2D eigenvalue weighted by atomic mass is 32.1. The third kappa shape index (κ3) is 3.86. The van der Waals surface area contributed by atoms with Gasteiger partial charge in [-0.1, -0.05) is 23.8 Å². The molecule has 0 spiro atoms. The molecule has 2 aromatic heterocycles. The Kier molecular flexibility index (Phi) is 5.01. The predicted molar refractivity (Wildman–Crippen MR) is 97.3 cm³/mol. The molecule has 1 amide bonds. The van der Waals surface area contributed by atoms with Crippen molar-refractivity contribution in [3.05, 3.63) is 69.7 Å². The summed E-state index contributed by atoms with van der Waals surface area (Å²) in [5, 5.41) is 5.97. The van der Waals surface area contributed by atoms with Crippen LogP contribution in [-0.4, -0.2) is 22.4 Å². The van der Waals surface area contributed by atoms with Crippen LogP contribution in [0.4, 0.5) is 0 Å². The Hall–Kier alpha value is -2.53. The van der Waals surface area contributed by atoms with Crippen molar-refractivity contribution < 1.29 is 4.79 Å². The lowest BCUT2D eigenvalue weighted by molar-refractivity contribution is 0.0953. The average molecular weight is 337 g/mol. The van der Waals surface area contributed by atoms with Crippen LogP contribution < -0.4 is 5.32 Å². The zero-order valence-electron chi connectivity index (χ0n) is 13.7. The summed E-state index contributed by atoms with van der Waals surface area (Å²) in [7, 11) is 0. The van der Waals surface area contributed by atoms with Gasteiger partial charge in [0.2, 0.25) is 0 Å². The summed E-state index contributed by atoms with van der Waals surface area (Å²) >= 11 is 1.59. The minimum absolute atomic E-state index is 0.0333. The van der Waals surface area contributed by atoms with Crippen LogP contribution in [0.15, 0.2) is 48.0 Å². The van der Waals surface area contributed by atoms with E-state index in [0.29, 0.717) is 13.0 Å². The quantitative estimate of drug-likeness (QED) is 0.770. The predicted octanol–water partition coefficient (Wildman–Crippen LogP) is 3.79. The molecule has 0 aliphatic heterocycles. The molecule has 1 aromatic carbocycles. The zero-order chi connectivity index (χ0) is 16.9. The lowest BCUT2D eigenvalue weighted by Crippen LogP contribution is -2.26. The molecule has 0 fully saturated rings. The van der Waals surface area contributed by atoms with Gasteiger partial charge in [0.1, 0.15) is 0 Å². The second-order valence-electron chi connectivity index (χ2n) is 5.67. The molecule has 0 bridgehead atoms. The van der Waals surface area contributed by atoms with Crippen molar-refractivity contribution in [3.63, 3.8) is 0 Å². The molecule has 4 nitrogen and oxygen atoms in total. The number of pyridine rings is 1. The summed E-state index contributed by atoms with van der Waals surface area (Å²) in [6, 6.07) is 11.6. The molecule has 0 radical (unpaired) electrons. The summed E-state index contributed by atoms with van der Waals surface area (Å²) in [6.45, 7) is 4.56. The molecule has 3 rings (SSSR count). The highest BCUT2D eigenvalue weighted by molar-refractivity contribution is 7.09. The van der Waals surface area contributed by atoms with E-state index in [1.165, 1.54) is 0 Å². The highest BCUT2D eigenvalue weighted by Crippen LogP contribution is 2.19. The summed E-state index contributed by atoms with van der Waals surface area (Å²) in [5.41, 5.74) is 4.65. The number of nitrogens with one attached hydrogen (secondary N) is 1. The topological polar surface area (TPSA) is 54.9 Å². The van der Waals surface area contributed by atoms with E-state index in [9.17, 15) is 4.79 Å². The first kappa shape index (κ1) is 16.3. The standard InChI is InChI=1S/C19H19N3OS/c1-13-6-7-15(14(2)11-13)19(23)21-10-8-18-22-17(12-24-18)16-5-3-4-9-20-16/h3-7,9,11-12H,8,10H2,1-2H3,(H,21,23). The summed E-state index contributed by atoms with van der Waals surface area (Å²) in [5.74, 6) is -0.0333. The van der Waals surface area contributed by atoms with Crippen LogP contribution in [0, 0.1) is 13.8 Å². The van der Waals surface area contributed by atoms with Gasteiger partial charge >= 0.3 is 0 Å². The first-order valence-electron chi connectivity index (χ1n) is 7.85. The summed E-state index contributed by atoms with van der Waals surface area (Å²) in [6.07, 6.45) is 2.48. The first-order valence-corrected chi connectivity index (χ1v) is 8.73. The van der Waals surface area contributed by atoms with E-state index in [4.69, 9.17) is 0 Å². The Labute approximate surface area is 145 Å². The maximum Gasteiger partial charge on any atom is 0.251 e. The number of thiazole rings is 1. The van der Waals surface area contributed by atoms with Crippen molar-refractivity contribution in [2.75, 3.05) is 6.54 Å². The maximum absolute atomic E-state index is 12.3. The number of rotatable bonds is 5. The number of aryl methyl sites for hydroxylation is 2. The van der Waals surface area contributed by atoms with E-state index in [1.807, 2.05) is 55.6 Å². The highest BCUT2D eigenvalue weighted by Gasteiger charge is 2.09. The van der Waals surface area contributed by atoms with Gasteiger partial charge in [-0.05, 0) is 37.6 Å². The van der Waals surface area contributed by atoms with E-state index in [2.05, 4.69) is 15.3 Å². The fourth-order valence-electron chi connectivity index (χ4n) is 2.50. The van der Waals surface area contributed by atoms with E-state index in [1.54, 1.807) is 17.5 Å². The van der Waals surface area contributed by atoms with Crippen LogP contribution in [0.5, 0.6) is 0 Å². The van der Waals surface area contributed by atoms with Crippen molar-refractivity contribution in [3.8, 4) is 11.4 Å². The minimum atomic E-state index is -0.0333. The van der Waals surface area contributed by atoms with E-state index >= 15 is 0 Å². The molecule has 0 saturated carbocycles. The number of benzene rings is 1. The van der Waals surface area contributed by atoms with Crippen molar-refractivity contribution in [2.24, 2.45) is 0 Å². The second-order valence-corrected chi connectivity index (χ2v) is 6.61. The molecule has 1 N–H and O–H groups in total. The molecule has 0 aliphatic rings. The third-order valence-corrected chi connectivity index (χ3v) is 4.64. The molecule has 5 heteroatoms. The van der Waals surface area contributed by atoms with Crippen LogP contribution in [0.25, 0.3) is 11.4 Å². The second kappa shape index (κ2) is 7.36. The molecule has 0 unspecified atom stereocenters. The lowest BCUT2D eigenvalue weighted by atomic mass is 10.1. The Morgan fingerprint density at radius 1 is 1.17 bits per heavy atom. The minimum Gasteiger partial charge on any atom is -0.352 e. The number of hydrogen-bond donors (Lipinski definition) is 1. The Bertz CT molecular complexity index is 843. The van der Waals surface area contributed by atoms with E-state index in [-0.39, 0.29) is 5.91 Å². The van der Waals surface area contributed by atoms with Crippen molar-refractivity contribution in [1.29, 1.82) is 0 Å². The van der Waals surface area contributed by atoms with E-state index < -0.39 is 0 Å². The smallest absolute Gasteiger partial charge is 0.251 e. The largest absolute Gasteiger partial charge is 0.352 e. The fraction of sp³-hybridized carbons (Fsp3) is 0.211. The lowest BCUT2D eigenvalue weighted by Gasteiger charge is -2.07. The molecule has 122 valence electrons. The number of carbonyl (C=O) groups is 1. The number of hydrogen-bond acceptors (Lipinski definition) is 4. The van der Waals surface area contributed by atoms with Crippen molar-refractivity contribution in [1.82, 2.24) is 15.3 Å². The van der Waals surface area contributed by atoms with Crippen LogP contribution in [-0.2, 0) is 6.42 Å². The van der Waals surface area contributed by atoms with Crippen LogP contribution in [0.1, 0.15) is 26.5 Å². The van der Waals surface area contributed by atoms with Crippen LogP contribution >= 0.6 is 11.3 Å². The Morgan fingerprint density at radius 3 is 2.79 bits per heavy atom. The van der Waals surface area contributed by atoms with Gasteiger partial charge in [-0.25, -0.2) is 4.98 Å². The van der Waals surface area contributed by atoms with Gasteiger partial charge in [0.05, 0.1) is 16.4 Å². The third-order valence-electron chi connectivity index (χ3n) is 3.73. The maximum atomic E-state index is 12.3. The SMILES string of the molecule is Cc1ccc(C(=O)NCCc2nc(-c3ccccn3)cs2)c(C)c1. The number of amides is 1. The van der Waals surface area contributed by atoms with Crippen molar-refractivity contribution >= 4 is 17.2 Å².